The van der Waals surface area contributed by atoms with Crippen molar-refractivity contribution >= 4 is 110 Å². The standard InChI is InChI=1S/C70H46N2/c1-3-21-49(22-4-1)63-41-53-46-70(72(66-40-20-30-48-26-8-14-34-58(48)66)68-44-52-28-10-12-32-56(52)60-36-16-18-38-62(60)68)64(50-23-5-2-6-24-50)42-54(53)45-69(63)71(65-39-19-29-47-25-7-13-33-57(47)65)67-43-51-27-9-11-31-55(51)59-35-15-17-37-61(59)67/h1-46H. The van der Waals surface area contributed by atoms with E-state index < -0.39 is 0 Å². The third-order valence-electron chi connectivity index (χ3n) is 14.7. The maximum Gasteiger partial charge on any atom is 0.0546 e. The Bertz CT molecular complexity index is 4110. The normalized spacial score (nSPS) is 11.6. The Balaban J connectivity index is 1.12. The predicted octanol–water partition coefficient (Wildman–Crippen LogP) is 20.0. The first-order valence-electron chi connectivity index (χ1n) is 24.8. The molecule has 0 unspecified atom stereocenters. The molecule has 0 saturated carbocycles. The van der Waals surface area contributed by atoms with Gasteiger partial charge in [-0.1, -0.05) is 231 Å². The lowest BCUT2D eigenvalue weighted by Crippen LogP contribution is -2.14. The highest BCUT2D eigenvalue weighted by atomic mass is 15.2. The first-order valence-corrected chi connectivity index (χ1v) is 24.8. The smallest absolute Gasteiger partial charge is 0.0546 e. The van der Waals surface area contributed by atoms with Gasteiger partial charge in [-0.3, -0.25) is 0 Å². The van der Waals surface area contributed by atoms with Gasteiger partial charge in [0, 0.05) is 32.7 Å². The first-order chi connectivity index (χ1) is 35.7. The fourth-order valence-corrected chi connectivity index (χ4v) is 11.4. The first kappa shape index (κ1) is 41.5. The number of hydrogen-bond acceptors (Lipinski definition) is 2. The van der Waals surface area contributed by atoms with Gasteiger partial charge in [0.2, 0.25) is 0 Å². The van der Waals surface area contributed by atoms with E-state index >= 15 is 0 Å². The van der Waals surface area contributed by atoms with Crippen LogP contribution < -0.4 is 9.80 Å². The zero-order valence-corrected chi connectivity index (χ0v) is 39.5. The van der Waals surface area contributed by atoms with Crippen LogP contribution in [0.2, 0.25) is 0 Å². The summed E-state index contributed by atoms with van der Waals surface area (Å²) < 4.78 is 0. The van der Waals surface area contributed by atoms with Gasteiger partial charge in [-0.25, -0.2) is 0 Å². The molecule has 0 aliphatic heterocycles. The molecular weight excluding hydrogens is 869 g/mol. The van der Waals surface area contributed by atoms with Crippen LogP contribution in [-0.2, 0) is 0 Å². The van der Waals surface area contributed by atoms with E-state index in [2.05, 4.69) is 289 Å². The minimum Gasteiger partial charge on any atom is -0.309 e. The molecule has 336 valence electrons. The van der Waals surface area contributed by atoms with Crippen LogP contribution in [0.1, 0.15) is 0 Å². The fraction of sp³-hybridized carbons (Fsp3) is 0. The van der Waals surface area contributed by atoms with Gasteiger partial charge >= 0.3 is 0 Å². The second-order valence-corrected chi connectivity index (χ2v) is 18.8. The van der Waals surface area contributed by atoms with Crippen LogP contribution in [0, 0.1) is 0 Å². The van der Waals surface area contributed by atoms with Gasteiger partial charge in [0.15, 0.2) is 0 Å². The highest BCUT2D eigenvalue weighted by molar-refractivity contribution is 6.19. The number of rotatable bonds is 8. The van der Waals surface area contributed by atoms with Crippen molar-refractivity contribution in [2.45, 2.75) is 0 Å². The highest BCUT2D eigenvalue weighted by Gasteiger charge is 2.26. The number of hydrogen-bond donors (Lipinski definition) is 0. The zero-order chi connectivity index (χ0) is 47.5. The topological polar surface area (TPSA) is 6.48 Å². The maximum absolute atomic E-state index is 2.54. The van der Waals surface area contributed by atoms with Gasteiger partial charge in [-0.2, -0.15) is 0 Å². The van der Waals surface area contributed by atoms with Gasteiger partial charge in [0.1, 0.15) is 0 Å². The van der Waals surface area contributed by atoms with Crippen molar-refractivity contribution < 1.29 is 0 Å². The predicted molar refractivity (Wildman–Crippen MR) is 309 cm³/mol. The van der Waals surface area contributed by atoms with Crippen LogP contribution in [0.5, 0.6) is 0 Å². The molecule has 0 bridgehead atoms. The Labute approximate surface area is 418 Å². The quantitative estimate of drug-likeness (QED) is 0.140. The SMILES string of the molecule is c1ccc(-c2cc3cc(N(c4cccc5ccccc45)c4cc5ccccc5c5ccccc45)c(-c4ccccc4)cc3cc2N(c2cccc3ccccc23)c2cc3ccccc3c3ccccc23)cc1. The van der Waals surface area contributed by atoms with Gasteiger partial charge < -0.3 is 9.80 Å². The Hall–Kier alpha value is -9.50. The molecule has 14 aromatic carbocycles. The number of benzene rings is 14. The number of fused-ring (bicyclic) bond motifs is 9. The van der Waals surface area contributed by atoms with Gasteiger partial charge in [0.25, 0.3) is 0 Å². The van der Waals surface area contributed by atoms with Crippen LogP contribution in [0.25, 0.3) is 97.7 Å². The van der Waals surface area contributed by atoms with E-state index in [0.717, 1.165) is 67.2 Å². The van der Waals surface area contributed by atoms with Crippen molar-refractivity contribution in [2.24, 2.45) is 0 Å². The molecule has 0 fully saturated rings. The van der Waals surface area contributed by atoms with Crippen molar-refractivity contribution in [1.29, 1.82) is 0 Å². The average Bonchev–Trinajstić information content (AvgIpc) is 3.45. The van der Waals surface area contributed by atoms with Crippen molar-refractivity contribution in [1.82, 2.24) is 0 Å². The lowest BCUT2D eigenvalue weighted by molar-refractivity contribution is 1.31. The third-order valence-corrected chi connectivity index (χ3v) is 14.7. The van der Waals surface area contributed by atoms with E-state index in [9.17, 15) is 0 Å². The summed E-state index contributed by atoms with van der Waals surface area (Å²) in [4.78, 5) is 5.08. The Morgan fingerprint density at radius 1 is 0.167 bits per heavy atom. The molecule has 0 saturated heterocycles. The van der Waals surface area contributed by atoms with Crippen LogP contribution >= 0.6 is 0 Å². The molecule has 14 rings (SSSR count). The molecule has 72 heavy (non-hydrogen) atoms. The zero-order valence-electron chi connectivity index (χ0n) is 39.5. The van der Waals surface area contributed by atoms with Crippen LogP contribution in [0.3, 0.4) is 0 Å². The fourth-order valence-electron chi connectivity index (χ4n) is 11.4. The second-order valence-electron chi connectivity index (χ2n) is 18.8. The Kier molecular flexibility index (Phi) is 9.89. The number of nitrogens with zero attached hydrogens (tertiary/aromatic N) is 2. The number of anilines is 6. The summed E-state index contributed by atoms with van der Waals surface area (Å²) in [5.74, 6) is 0. The summed E-state index contributed by atoms with van der Waals surface area (Å²) in [5, 5.41) is 16.8. The molecule has 14 aromatic rings. The van der Waals surface area contributed by atoms with E-state index in [-0.39, 0.29) is 0 Å². The Morgan fingerprint density at radius 3 is 0.889 bits per heavy atom. The molecule has 0 amide bonds. The minimum absolute atomic E-state index is 1.10. The van der Waals surface area contributed by atoms with Gasteiger partial charge in [-0.05, 0) is 114 Å². The van der Waals surface area contributed by atoms with Crippen LogP contribution in [0.15, 0.2) is 279 Å². The highest BCUT2D eigenvalue weighted by Crippen LogP contribution is 2.52. The molecule has 0 aromatic heterocycles. The third kappa shape index (κ3) is 6.88. The van der Waals surface area contributed by atoms with E-state index in [4.69, 9.17) is 0 Å². The second kappa shape index (κ2) is 17.2. The molecule has 0 radical (unpaired) electrons. The lowest BCUT2D eigenvalue weighted by atomic mass is 9.92. The molecule has 0 heterocycles. The lowest BCUT2D eigenvalue weighted by Gasteiger charge is -2.32. The minimum atomic E-state index is 1.10. The van der Waals surface area contributed by atoms with Gasteiger partial charge in [0.05, 0.1) is 34.1 Å². The molecule has 0 N–H and O–H groups in total. The van der Waals surface area contributed by atoms with Gasteiger partial charge in [-0.15, -0.1) is 0 Å². The monoisotopic (exact) mass is 914 g/mol. The van der Waals surface area contributed by atoms with Crippen LogP contribution in [-0.4, -0.2) is 0 Å². The van der Waals surface area contributed by atoms with Crippen molar-refractivity contribution in [3.63, 3.8) is 0 Å². The van der Waals surface area contributed by atoms with Crippen molar-refractivity contribution in [3.8, 4) is 22.3 Å². The molecule has 0 aliphatic rings. The van der Waals surface area contributed by atoms with E-state index in [1.807, 2.05) is 0 Å². The van der Waals surface area contributed by atoms with Crippen LogP contribution in [0.4, 0.5) is 34.1 Å². The van der Waals surface area contributed by atoms with E-state index in [0.29, 0.717) is 0 Å². The van der Waals surface area contributed by atoms with E-state index in [1.54, 1.807) is 0 Å². The molecule has 0 atom stereocenters. The largest absolute Gasteiger partial charge is 0.309 e. The summed E-state index contributed by atoms with van der Waals surface area (Å²) >= 11 is 0. The molecular formula is C70H46N2. The summed E-state index contributed by atoms with van der Waals surface area (Å²) in [5.41, 5.74) is 11.3. The van der Waals surface area contributed by atoms with Crippen molar-refractivity contribution in [3.05, 3.63) is 279 Å². The van der Waals surface area contributed by atoms with E-state index in [1.165, 1.54) is 64.6 Å². The van der Waals surface area contributed by atoms with Crippen molar-refractivity contribution in [2.75, 3.05) is 9.80 Å². The molecule has 0 aliphatic carbocycles. The summed E-state index contributed by atoms with van der Waals surface area (Å²) in [6, 6.07) is 103. The summed E-state index contributed by atoms with van der Waals surface area (Å²) in [7, 11) is 0. The Morgan fingerprint density at radius 2 is 0.472 bits per heavy atom. The summed E-state index contributed by atoms with van der Waals surface area (Å²) in [6.45, 7) is 0. The average molecular weight is 915 g/mol. The molecule has 2 nitrogen and oxygen atoms in total. The molecule has 0 spiro atoms. The summed E-state index contributed by atoms with van der Waals surface area (Å²) in [6.07, 6.45) is 0. The molecule has 2 heteroatoms. The maximum atomic E-state index is 2.54.